The lowest BCUT2D eigenvalue weighted by atomic mass is 10.0. The summed E-state index contributed by atoms with van der Waals surface area (Å²) in [4.78, 5) is 28.7. The predicted octanol–water partition coefficient (Wildman–Crippen LogP) is 2.29. The van der Waals surface area contributed by atoms with Crippen LogP contribution in [0.2, 0.25) is 0 Å². The first-order chi connectivity index (χ1) is 12.4. The Bertz CT molecular complexity index is 716. The van der Waals surface area contributed by atoms with Crippen LogP contribution in [0.15, 0.2) is 30.0 Å². The molecule has 26 heavy (non-hydrogen) atoms. The first kappa shape index (κ1) is 18.5. The molecule has 6 heteroatoms. The minimum absolute atomic E-state index is 0.00567. The van der Waals surface area contributed by atoms with Crippen LogP contribution >= 0.6 is 0 Å². The molecule has 1 aromatic rings. The molecule has 3 rings (SSSR count). The van der Waals surface area contributed by atoms with E-state index in [9.17, 15) is 9.59 Å². The Balaban J connectivity index is 1.97. The predicted molar refractivity (Wildman–Crippen MR) is 98.5 cm³/mol. The second kappa shape index (κ2) is 7.50. The summed E-state index contributed by atoms with van der Waals surface area (Å²) in [6, 6.07) is 7.38. The maximum absolute atomic E-state index is 12.8. The zero-order valence-corrected chi connectivity index (χ0v) is 15.8. The van der Waals surface area contributed by atoms with E-state index < -0.39 is 0 Å². The van der Waals surface area contributed by atoms with Gasteiger partial charge in [0, 0.05) is 20.1 Å². The number of likely N-dealkylation sites (N-methyl/N-ethyl adjacent to an activating group) is 1. The lowest BCUT2D eigenvalue weighted by molar-refractivity contribution is -0.136. The summed E-state index contributed by atoms with van der Waals surface area (Å²) < 4.78 is 11.4. The Morgan fingerprint density at radius 1 is 1.08 bits per heavy atom. The van der Waals surface area contributed by atoms with Crippen molar-refractivity contribution in [1.82, 2.24) is 9.80 Å². The van der Waals surface area contributed by atoms with Gasteiger partial charge in [0.2, 0.25) is 0 Å². The zero-order chi connectivity index (χ0) is 18.8. The molecule has 2 heterocycles. The molecule has 2 amide bonds. The van der Waals surface area contributed by atoms with Gasteiger partial charge in [-0.05, 0) is 38.0 Å². The molecule has 0 aliphatic carbocycles. The monoisotopic (exact) mass is 358 g/mol. The topological polar surface area (TPSA) is 59.1 Å². The highest BCUT2D eigenvalue weighted by Gasteiger charge is 2.41. The van der Waals surface area contributed by atoms with E-state index in [1.54, 1.807) is 0 Å². The van der Waals surface area contributed by atoms with Crippen LogP contribution in [-0.2, 0) is 14.3 Å². The molecule has 1 fully saturated rings. The number of morpholine rings is 1. The number of amides is 2. The quantitative estimate of drug-likeness (QED) is 0.756. The van der Waals surface area contributed by atoms with Gasteiger partial charge >= 0.3 is 0 Å². The van der Waals surface area contributed by atoms with E-state index in [0.717, 1.165) is 17.7 Å². The average Bonchev–Trinajstić information content (AvgIpc) is 2.84. The Kier molecular flexibility index (Phi) is 5.32. The fraction of sp³-hybridized carbons (Fsp3) is 0.500. The van der Waals surface area contributed by atoms with Crippen LogP contribution in [0.4, 0.5) is 0 Å². The molecule has 1 aromatic carbocycles. The van der Waals surface area contributed by atoms with Gasteiger partial charge in [-0.3, -0.25) is 14.5 Å². The third-order valence-corrected chi connectivity index (χ3v) is 4.61. The summed E-state index contributed by atoms with van der Waals surface area (Å²) in [6.45, 7) is 7.84. The third-order valence-electron chi connectivity index (χ3n) is 4.61. The number of hydrogen-bond donors (Lipinski definition) is 0. The number of rotatable bonds is 5. The maximum Gasteiger partial charge on any atom is 0.277 e. The van der Waals surface area contributed by atoms with Crippen LogP contribution in [0.3, 0.4) is 0 Å². The van der Waals surface area contributed by atoms with Gasteiger partial charge in [0.25, 0.3) is 11.8 Å². The van der Waals surface area contributed by atoms with Crippen molar-refractivity contribution in [2.75, 3.05) is 26.7 Å². The molecule has 2 aliphatic rings. The minimum Gasteiger partial charge on any atom is -0.494 e. The standard InChI is InChI=1S/C20H26N2O4/c1-5-10-25-16-8-6-15(7-9-16)17-18(20(24)21(4)19(17)23)22-11-13(2)26-14(3)12-22/h6-9,13-14H,5,10-12H2,1-4H3. The van der Waals surface area contributed by atoms with Crippen LogP contribution in [0, 0.1) is 0 Å². The van der Waals surface area contributed by atoms with Gasteiger partial charge in [-0.25, -0.2) is 0 Å². The first-order valence-corrected chi connectivity index (χ1v) is 9.12. The van der Waals surface area contributed by atoms with Gasteiger partial charge in [0.15, 0.2) is 0 Å². The summed E-state index contributed by atoms with van der Waals surface area (Å²) in [5.41, 5.74) is 1.67. The molecule has 0 bridgehead atoms. The minimum atomic E-state index is -0.265. The average molecular weight is 358 g/mol. The van der Waals surface area contributed by atoms with E-state index in [0.29, 0.717) is 31.0 Å². The number of benzene rings is 1. The molecular formula is C20H26N2O4. The van der Waals surface area contributed by atoms with Gasteiger partial charge in [-0.1, -0.05) is 19.1 Å². The van der Waals surface area contributed by atoms with Crippen molar-refractivity contribution < 1.29 is 19.1 Å². The molecule has 2 atom stereocenters. The Hall–Kier alpha value is -2.34. The SMILES string of the molecule is CCCOc1ccc(C2=C(N3CC(C)OC(C)C3)C(=O)N(C)C2=O)cc1. The molecule has 6 nitrogen and oxygen atoms in total. The second-order valence-electron chi connectivity index (χ2n) is 6.93. The first-order valence-electron chi connectivity index (χ1n) is 9.12. The summed E-state index contributed by atoms with van der Waals surface area (Å²) in [5, 5.41) is 0. The fourth-order valence-corrected chi connectivity index (χ4v) is 3.48. The van der Waals surface area contributed by atoms with Crippen molar-refractivity contribution in [3.63, 3.8) is 0 Å². The van der Waals surface area contributed by atoms with Crippen molar-refractivity contribution in [3.05, 3.63) is 35.5 Å². The van der Waals surface area contributed by atoms with Gasteiger partial charge in [-0.2, -0.15) is 0 Å². The third kappa shape index (κ3) is 3.46. The van der Waals surface area contributed by atoms with Crippen molar-refractivity contribution in [3.8, 4) is 5.75 Å². The van der Waals surface area contributed by atoms with E-state index in [1.165, 1.54) is 11.9 Å². The fourth-order valence-electron chi connectivity index (χ4n) is 3.48. The number of carbonyl (C=O) groups excluding carboxylic acids is 2. The van der Waals surface area contributed by atoms with Crippen LogP contribution < -0.4 is 4.74 Å². The van der Waals surface area contributed by atoms with Gasteiger partial charge in [-0.15, -0.1) is 0 Å². The van der Waals surface area contributed by atoms with Gasteiger partial charge < -0.3 is 14.4 Å². The molecule has 0 saturated carbocycles. The maximum atomic E-state index is 12.8. The number of imide groups is 1. The molecule has 2 unspecified atom stereocenters. The highest BCUT2D eigenvalue weighted by molar-refractivity contribution is 6.35. The second-order valence-corrected chi connectivity index (χ2v) is 6.93. The smallest absolute Gasteiger partial charge is 0.277 e. The molecule has 0 radical (unpaired) electrons. The molecule has 1 saturated heterocycles. The molecular weight excluding hydrogens is 332 g/mol. The largest absolute Gasteiger partial charge is 0.494 e. The molecule has 0 N–H and O–H groups in total. The van der Waals surface area contributed by atoms with E-state index in [4.69, 9.17) is 9.47 Å². The Morgan fingerprint density at radius 2 is 1.69 bits per heavy atom. The summed E-state index contributed by atoms with van der Waals surface area (Å²) in [7, 11) is 1.53. The van der Waals surface area contributed by atoms with Crippen LogP contribution in [-0.4, -0.2) is 60.6 Å². The number of hydrogen-bond acceptors (Lipinski definition) is 5. The zero-order valence-electron chi connectivity index (χ0n) is 15.8. The molecule has 0 spiro atoms. The number of nitrogens with zero attached hydrogens (tertiary/aromatic N) is 2. The van der Waals surface area contributed by atoms with Gasteiger partial charge in [0.1, 0.15) is 11.4 Å². The summed E-state index contributed by atoms with van der Waals surface area (Å²) >= 11 is 0. The molecule has 2 aliphatic heterocycles. The summed E-state index contributed by atoms with van der Waals surface area (Å²) in [5.74, 6) is 0.244. The summed E-state index contributed by atoms with van der Waals surface area (Å²) in [6.07, 6.45) is 0.944. The number of carbonyl (C=O) groups is 2. The van der Waals surface area contributed by atoms with E-state index in [2.05, 4.69) is 6.92 Å². The lowest BCUT2D eigenvalue weighted by Gasteiger charge is -2.37. The van der Waals surface area contributed by atoms with Crippen LogP contribution in [0.25, 0.3) is 5.57 Å². The lowest BCUT2D eigenvalue weighted by Crippen LogP contribution is -2.46. The number of ether oxygens (including phenoxy) is 2. The normalized spacial score (nSPS) is 23.8. The van der Waals surface area contributed by atoms with Crippen LogP contribution in [0.1, 0.15) is 32.8 Å². The Labute approximate surface area is 154 Å². The Morgan fingerprint density at radius 3 is 2.27 bits per heavy atom. The highest BCUT2D eigenvalue weighted by Crippen LogP contribution is 2.33. The van der Waals surface area contributed by atoms with E-state index >= 15 is 0 Å². The van der Waals surface area contributed by atoms with Crippen molar-refractivity contribution in [2.45, 2.75) is 39.4 Å². The van der Waals surface area contributed by atoms with Crippen molar-refractivity contribution in [1.29, 1.82) is 0 Å². The van der Waals surface area contributed by atoms with E-state index in [-0.39, 0.29) is 24.0 Å². The van der Waals surface area contributed by atoms with Gasteiger partial charge in [0.05, 0.1) is 24.4 Å². The van der Waals surface area contributed by atoms with E-state index in [1.807, 2.05) is 43.0 Å². The van der Waals surface area contributed by atoms with Crippen molar-refractivity contribution >= 4 is 17.4 Å². The highest BCUT2D eigenvalue weighted by atomic mass is 16.5. The van der Waals surface area contributed by atoms with Crippen LogP contribution in [0.5, 0.6) is 5.75 Å². The molecule has 140 valence electrons. The van der Waals surface area contributed by atoms with Crippen molar-refractivity contribution in [2.24, 2.45) is 0 Å². The molecule has 0 aromatic heterocycles.